The molecule has 0 N–H and O–H groups in total. The van der Waals surface area contributed by atoms with Crippen LogP contribution in [-0.4, -0.2) is 54.7 Å². The fraction of sp³-hybridized carbons (Fsp3) is 0.440. The largest absolute Gasteiger partial charge is 0.345 e. The lowest BCUT2D eigenvalue weighted by atomic mass is 9.94. The SMILES string of the molecule is CN(CC1CCN(CCc2ccc(F)cc2)CC1)C(=O)[C@H]1CC(=O)c2ccccc21. The predicted molar refractivity (Wildman–Crippen MR) is 115 cm³/mol. The first kappa shape index (κ1) is 20.7. The van der Waals surface area contributed by atoms with E-state index in [1.807, 2.05) is 48.3 Å². The Bertz CT molecular complexity index is 904. The van der Waals surface area contributed by atoms with Gasteiger partial charge in [-0.1, -0.05) is 36.4 Å². The average molecular weight is 409 g/mol. The monoisotopic (exact) mass is 408 g/mol. The van der Waals surface area contributed by atoms with Crippen molar-refractivity contribution in [3.8, 4) is 0 Å². The Morgan fingerprint density at radius 3 is 2.53 bits per heavy atom. The molecule has 1 atom stereocenters. The predicted octanol–water partition coefficient (Wildman–Crippen LogP) is 3.91. The molecule has 5 heteroatoms. The molecule has 0 unspecified atom stereocenters. The van der Waals surface area contributed by atoms with E-state index in [1.165, 1.54) is 12.1 Å². The molecule has 1 amide bonds. The number of Topliss-reactive ketones (excluding diaryl/α,β-unsaturated/α-hetero) is 1. The van der Waals surface area contributed by atoms with Crippen molar-refractivity contribution in [3.05, 3.63) is 71.0 Å². The van der Waals surface area contributed by atoms with E-state index in [0.717, 1.165) is 56.6 Å². The van der Waals surface area contributed by atoms with Gasteiger partial charge in [0.05, 0.1) is 5.92 Å². The number of carbonyl (C=O) groups excluding carboxylic acids is 2. The highest BCUT2D eigenvalue weighted by atomic mass is 19.1. The van der Waals surface area contributed by atoms with Gasteiger partial charge in [-0.25, -0.2) is 4.39 Å². The number of halogens is 1. The molecule has 1 aliphatic carbocycles. The standard InChI is InChI=1S/C25H29FN2O2/c1-27(25(30)23-16-24(29)22-5-3-2-4-21(22)23)17-19-11-14-28(15-12-19)13-10-18-6-8-20(26)9-7-18/h2-9,19,23H,10-17H2,1H3/t23-/m0/s1. The van der Waals surface area contributed by atoms with Gasteiger partial charge >= 0.3 is 0 Å². The van der Waals surface area contributed by atoms with Crippen LogP contribution in [0.25, 0.3) is 0 Å². The molecule has 4 nitrogen and oxygen atoms in total. The molecule has 2 aliphatic rings. The Morgan fingerprint density at radius 1 is 1.10 bits per heavy atom. The molecule has 0 aromatic heterocycles. The van der Waals surface area contributed by atoms with Crippen molar-refractivity contribution in [2.45, 2.75) is 31.6 Å². The number of fused-ring (bicyclic) bond motifs is 1. The van der Waals surface area contributed by atoms with Crippen LogP contribution < -0.4 is 0 Å². The maximum absolute atomic E-state index is 13.0. The minimum atomic E-state index is -0.325. The second-order valence-electron chi connectivity index (χ2n) is 8.65. The van der Waals surface area contributed by atoms with E-state index in [0.29, 0.717) is 17.9 Å². The zero-order valence-corrected chi connectivity index (χ0v) is 17.5. The van der Waals surface area contributed by atoms with Crippen LogP contribution in [0.5, 0.6) is 0 Å². The van der Waals surface area contributed by atoms with Gasteiger partial charge in [0, 0.05) is 32.1 Å². The van der Waals surface area contributed by atoms with Gasteiger partial charge in [-0.2, -0.15) is 0 Å². The van der Waals surface area contributed by atoms with E-state index in [2.05, 4.69) is 4.90 Å². The number of ketones is 1. The van der Waals surface area contributed by atoms with Gasteiger partial charge in [0.1, 0.15) is 5.82 Å². The number of piperidine rings is 1. The summed E-state index contributed by atoms with van der Waals surface area (Å²) in [5.74, 6) is 0.116. The van der Waals surface area contributed by atoms with Crippen molar-refractivity contribution in [1.82, 2.24) is 9.80 Å². The summed E-state index contributed by atoms with van der Waals surface area (Å²) in [6.07, 6.45) is 3.37. The fourth-order valence-corrected chi connectivity index (χ4v) is 4.75. The number of likely N-dealkylation sites (N-methyl/N-ethyl adjacent to an activating group) is 1. The van der Waals surface area contributed by atoms with Crippen molar-refractivity contribution in [2.24, 2.45) is 5.92 Å². The van der Waals surface area contributed by atoms with Crippen molar-refractivity contribution in [1.29, 1.82) is 0 Å². The molecular formula is C25H29FN2O2. The molecule has 1 saturated heterocycles. The molecule has 1 fully saturated rings. The minimum Gasteiger partial charge on any atom is -0.345 e. The number of likely N-dealkylation sites (tertiary alicyclic amines) is 1. The number of amides is 1. The topological polar surface area (TPSA) is 40.6 Å². The normalized spacial score (nSPS) is 19.7. The van der Waals surface area contributed by atoms with E-state index in [1.54, 1.807) is 0 Å². The molecule has 158 valence electrons. The molecule has 0 spiro atoms. The third-order valence-electron chi connectivity index (χ3n) is 6.57. The van der Waals surface area contributed by atoms with Crippen LogP contribution in [-0.2, 0) is 11.2 Å². The fourth-order valence-electron chi connectivity index (χ4n) is 4.75. The number of benzene rings is 2. The van der Waals surface area contributed by atoms with Crippen LogP contribution in [0.3, 0.4) is 0 Å². The average Bonchev–Trinajstić information content (AvgIpc) is 3.10. The van der Waals surface area contributed by atoms with Crippen molar-refractivity contribution >= 4 is 11.7 Å². The number of rotatable bonds is 6. The summed E-state index contributed by atoms with van der Waals surface area (Å²) in [5.41, 5.74) is 2.75. The molecule has 1 aliphatic heterocycles. The number of carbonyl (C=O) groups is 2. The van der Waals surface area contributed by atoms with Crippen LogP contribution in [0, 0.1) is 11.7 Å². The summed E-state index contributed by atoms with van der Waals surface area (Å²) < 4.78 is 13.0. The summed E-state index contributed by atoms with van der Waals surface area (Å²) >= 11 is 0. The van der Waals surface area contributed by atoms with Gasteiger partial charge in [0.2, 0.25) is 5.91 Å². The molecule has 0 radical (unpaired) electrons. The van der Waals surface area contributed by atoms with Crippen LogP contribution >= 0.6 is 0 Å². The van der Waals surface area contributed by atoms with Gasteiger partial charge in [-0.3, -0.25) is 9.59 Å². The van der Waals surface area contributed by atoms with Crippen LogP contribution in [0.4, 0.5) is 4.39 Å². The minimum absolute atomic E-state index is 0.0621. The number of hydrogen-bond acceptors (Lipinski definition) is 3. The highest BCUT2D eigenvalue weighted by Gasteiger charge is 2.36. The Balaban J connectivity index is 1.24. The van der Waals surface area contributed by atoms with Gasteiger partial charge in [0.15, 0.2) is 5.78 Å². The summed E-state index contributed by atoms with van der Waals surface area (Å²) in [4.78, 5) is 29.5. The quantitative estimate of drug-likeness (QED) is 0.728. The Hall–Kier alpha value is -2.53. The highest BCUT2D eigenvalue weighted by molar-refractivity contribution is 6.06. The van der Waals surface area contributed by atoms with E-state index in [-0.39, 0.29) is 23.4 Å². The molecule has 2 aromatic rings. The third kappa shape index (κ3) is 4.62. The van der Waals surface area contributed by atoms with Crippen LogP contribution in [0.15, 0.2) is 48.5 Å². The summed E-state index contributed by atoms with van der Waals surface area (Å²) in [6.45, 7) is 3.78. The zero-order valence-electron chi connectivity index (χ0n) is 17.5. The zero-order chi connectivity index (χ0) is 21.1. The second kappa shape index (κ2) is 9.09. The first-order valence-corrected chi connectivity index (χ1v) is 10.8. The lowest BCUT2D eigenvalue weighted by Crippen LogP contribution is -2.41. The van der Waals surface area contributed by atoms with Gasteiger partial charge in [-0.05, 0) is 61.5 Å². The van der Waals surface area contributed by atoms with Crippen LogP contribution in [0.1, 0.15) is 46.7 Å². The first-order chi connectivity index (χ1) is 14.5. The molecule has 30 heavy (non-hydrogen) atoms. The molecule has 1 heterocycles. The number of hydrogen-bond donors (Lipinski definition) is 0. The van der Waals surface area contributed by atoms with E-state index >= 15 is 0 Å². The Morgan fingerprint density at radius 2 is 1.80 bits per heavy atom. The number of nitrogens with zero attached hydrogens (tertiary/aromatic N) is 2. The van der Waals surface area contributed by atoms with Gasteiger partial charge in [-0.15, -0.1) is 0 Å². The van der Waals surface area contributed by atoms with Crippen molar-refractivity contribution < 1.29 is 14.0 Å². The summed E-state index contributed by atoms with van der Waals surface area (Å²) in [5, 5.41) is 0. The lowest BCUT2D eigenvalue weighted by Gasteiger charge is -2.34. The van der Waals surface area contributed by atoms with E-state index < -0.39 is 0 Å². The third-order valence-corrected chi connectivity index (χ3v) is 6.57. The lowest BCUT2D eigenvalue weighted by molar-refractivity contribution is -0.132. The molecular weight excluding hydrogens is 379 g/mol. The molecule has 0 bridgehead atoms. The molecule has 0 saturated carbocycles. The van der Waals surface area contributed by atoms with Gasteiger partial charge in [0.25, 0.3) is 0 Å². The molecule has 4 rings (SSSR count). The maximum atomic E-state index is 13.0. The van der Waals surface area contributed by atoms with Crippen molar-refractivity contribution in [3.63, 3.8) is 0 Å². The van der Waals surface area contributed by atoms with Gasteiger partial charge < -0.3 is 9.80 Å². The maximum Gasteiger partial charge on any atom is 0.230 e. The highest BCUT2D eigenvalue weighted by Crippen LogP contribution is 2.34. The van der Waals surface area contributed by atoms with Crippen LogP contribution in [0.2, 0.25) is 0 Å². The second-order valence-corrected chi connectivity index (χ2v) is 8.65. The summed E-state index contributed by atoms with van der Waals surface area (Å²) in [7, 11) is 1.87. The summed E-state index contributed by atoms with van der Waals surface area (Å²) in [6, 6.07) is 14.2. The van der Waals surface area contributed by atoms with E-state index in [9.17, 15) is 14.0 Å². The van der Waals surface area contributed by atoms with Crippen molar-refractivity contribution in [2.75, 3.05) is 33.2 Å². The Labute approximate surface area is 177 Å². The van der Waals surface area contributed by atoms with E-state index in [4.69, 9.17) is 0 Å². The molecule has 2 aromatic carbocycles. The first-order valence-electron chi connectivity index (χ1n) is 10.8. The Kier molecular flexibility index (Phi) is 6.28. The smallest absolute Gasteiger partial charge is 0.230 e.